The molecule has 0 unspecified atom stereocenters. The van der Waals surface area contributed by atoms with Crippen LogP contribution in [0, 0.1) is 0 Å². The zero-order valence-electron chi connectivity index (χ0n) is 7.36. The van der Waals surface area contributed by atoms with E-state index in [9.17, 15) is 4.79 Å². The molecule has 0 radical (unpaired) electrons. The van der Waals surface area contributed by atoms with E-state index in [0.29, 0.717) is 12.3 Å². The Kier molecular flexibility index (Phi) is 1.36. The summed E-state index contributed by atoms with van der Waals surface area (Å²) in [6, 6.07) is 7.72. The molecule has 14 heavy (non-hydrogen) atoms. The van der Waals surface area contributed by atoms with Crippen LogP contribution in [0.4, 0.5) is 5.69 Å². The number of carbonyl (C=O) groups excluding carboxylic acids is 1. The molecule has 0 fully saturated rings. The summed E-state index contributed by atoms with van der Waals surface area (Å²) in [5.41, 5.74) is 3.24. The van der Waals surface area contributed by atoms with Gasteiger partial charge in [-0.1, -0.05) is 18.2 Å². The van der Waals surface area contributed by atoms with E-state index < -0.39 is 0 Å². The molecule has 2 aliphatic rings. The molecule has 0 aromatic heterocycles. The van der Waals surface area contributed by atoms with Crippen molar-refractivity contribution in [3.8, 4) is 0 Å². The van der Waals surface area contributed by atoms with Crippen molar-refractivity contribution in [2.24, 2.45) is 4.99 Å². The second-order valence-corrected chi connectivity index (χ2v) is 3.19. The Hall–Kier alpha value is -1.90. The van der Waals surface area contributed by atoms with Crippen molar-refractivity contribution in [3.63, 3.8) is 0 Å². The normalized spacial score (nSPS) is 17.9. The number of rotatable bonds is 0. The van der Waals surface area contributed by atoms with E-state index in [2.05, 4.69) is 4.99 Å². The van der Waals surface area contributed by atoms with Crippen LogP contribution >= 0.6 is 0 Å². The fourth-order valence-corrected chi connectivity index (χ4v) is 1.74. The molecular formula is C11H7NO2. The SMILES string of the molecule is O=C1OCC=C2C1=Nc1ccccc12. The number of para-hydroxylation sites is 1. The number of hydrogen-bond acceptors (Lipinski definition) is 3. The molecule has 1 aromatic rings. The first kappa shape index (κ1) is 7.50. The van der Waals surface area contributed by atoms with Crippen LogP contribution in [0.2, 0.25) is 0 Å². The number of fused-ring (bicyclic) bond motifs is 3. The first-order valence-corrected chi connectivity index (χ1v) is 4.42. The summed E-state index contributed by atoms with van der Waals surface area (Å²) < 4.78 is 4.88. The van der Waals surface area contributed by atoms with Gasteiger partial charge in [0.25, 0.3) is 0 Å². The highest BCUT2D eigenvalue weighted by atomic mass is 16.5. The van der Waals surface area contributed by atoms with E-state index >= 15 is 0 Å². The lowest BCUT2D eigenvalue weighted by Crippen LogP contribution is -2.21. The molecule has 2 aliphatic heterocycles. The third kappa shape index (κ3) is 0.865. The van der Waals surface area contributed by atoms with Gasteiger partial charge in [-0.25, -0.2) is 9.79 Å². The molecule has 0 spiro atoms. The van der Waals surface area contributed by atoms with Gasteiger partial charge in [0.15, 0.2) is 5.71 Å². The van der Waals surface area contributed by atoms with Crippen molar-refractivity contribution < 1.29 is 9.53 Å². The molecule has 1 aromatic carbocycles. The Morgan fingerprint density at radius 2 is 2.14 bits per heavy atom. The molecule has 0 N–H and O–H groups in total. The van der Waals surface area contributed by atoms with E-state index in [4.69, 9.17) is 4.74 Å². The predicted octanol–water partition coefficient (Wildman–Crippen LogP) is 1.71. The fourth-order valence-electron chi connectivity index (χ4n) is 1.74. The third-order valence-corrected chi connectivity index (χ3v) is 2.38. The van der Waals surface area contributed by atoms with Gasteiger partial charge in [0, 0.05) is 11.1 Å². The second-order valence-electron chi connectivity index (χ2n) is 3.19. The number of hydrogen-bond donors (Lipinski definition) is 0. The van der Waals surface area contributed by atoms with Gasteiger partial charge in [-0.2, -0.15) is 0 Å². The number of aliphatic imine (C=N–C) groups is 1. The van der Waals surface area contributed by atoms with Crippen molar-refractivity contribution in [2.45, 2.75) is 0 Å². The van der Waals surface area contributed by atoms with Crippen LogP contribution in [-0.4, -0.2) is 18.3 Å². The van der Waals surface area contributed by atoms with Crippen LogP contribution in [0.25, 0.3) is 5.57 Å². The number of ether oxygens (including phenoxy) is 1. The maximum absolute atomic E-state index is 11.4. The van der Waals surface area contributed by atoms with Gasteiger partial charge in [-0.05, 0) is 12.1 Å². The standard InChI is InChI=1S/C11H7NO2/c13-11-10-8(5-6-14-11)7-3-1-2-4-9(7)12-10/h1-5H,6H2. The molecule has 0 saturated heterocycles. The van der Waals surface area contributed by atoms with Crippen LogP contribution in [-0.2, 0) is 9.53 Å². The zero-order valence-corrected chi connectivity index (χ0v) is 7.36. The van der Waals surface area contributed by atoms with Gasteiger partial charge < -0.3 is 4.74 Å². The largest absolute Gasteiger partial charge is 0.457 e. The van der Waals surface area contributed by atoms with Crippen molar-refractivity contribution >= 4 is 22.9 Å². The molecular weight excluding hydrogens is 178 g/mol. The summed E-state index contributed by atoms with van der Waals surface area (Å²) in [7, 11) is 0. The van der Waals surface area contributed by atoms with Crippen molar-refractivity contribution in [3.05, 3.63) is 35.9 Å². The van der Waals surface area contributed by atoms with Gasteiger partial charge in [-0.15, -0.1) is 0 Å². The Bertz CT molecular complexity index is 486. The van der Waals surface area contributed by atoms with E-state index in [1.165, 1.54) is 0 Å². The Balaban J connectivity index is 2.25. The minimum Gasteiger partial charge on any atom is -0.457 e. The molecule has 0 bridgehead atoms. The highest BCUT2D eigenvalue weighted by Crippen LogP contribution is 2.35. The van der Waals surface area contributed by atoms with Gasteiger partial charge in [0.2, 0.25) is 0 Å². The van der Waals surface area contributed by atoms with Gasteiger partial charge in [0.05, 0.1) is 5.69 Å². The van der Waals surface area contributed by atoms with Crippen LogP contribution in [0.5, 0.6) is 0 Å². The molecule has 3 heteroatoms. The Labute approximate surface area is 80.7 Å². The smallest absolute Gasteiger partial charge is 0.357 e. The highest BCUT2D eigenvalue weighted by Gasteiger charge is 2.29. The molecule has 0 atom stereocenters. The maximum atomic E-state index is 11.4. The van der Waals surface area contributed by atoms with Crippen molar-refractivity contribution in [2.75, 3.05) is 6.61 Å². The average molecular weight is 185 g/mol. The lowest BCUT2D eigenvalue weighted by Gasteiger charge is -2.10. The molecule has 0 saturated carbocycles. The maximum Gasteiger partial charge on any atom is 0.357 e. The predicted molar refractivity (Wildman–Crippen MR) is 52.5 cm³/mol. The molecule has 3 nitrogen and oxygen atoms in total. The number of benzene rings is 1. The van der Waals surface area contributed by atoms with Crippen molar-refractivity contribution in [1.29, 1.82) is 0 Å². The summed E-state index contributed by atoms with van der Waals surface area (Å²) in [6.07, 6.45) is 1.89. The second kappa shape index (κ2) is 2.54. The van der Waals surface area contributed by atoms with Crippen LogP contribution in [0.1, 0.15) is 5.56 Å². The van der Waals surface area contributed by atoms with E-state index in [1.54, 1.807) is 0 Å². The fraction of sp³-hybridized carbons (Fsp3) is 0.0909. The van der Waals surface area contributed by atoms with Crippen molar-refractivity contribution in [1.82, 2.24) is 0 Å². The number of cyclic esters (lactones) is 1. The lowest BCUT2D eigenvalue weighted by molar-refractivity contribution is -0.134. The monoisotopic (exact) mass is 185 g/mol. The van der Waals surface area contributed by atoms with E-state index in [1.807, 2.05) is 30.3 Å². The third-order valence-electron chi connectivity index (χ3n) is 2.38. The van der Waals surface area contributed by atoms with Gasteiger partial charge in [-0.3, -0.25) is 0 Å². The molecule has 68 valence electrons. The number of esters is 1. The molecule has 0 aliphatic carbocycles. The molecule has 0 amide bonds. The van der Waals surface area contributed by atoms with Crippen LogP contribution in [0.15, 0.2) is 35.3 Å². The molecule has 3 rings (SSSR count). The number of nitrogens with zero attached hydrogens (tertiary/aromatic N) is 1. The first-order valence-electron chi connectivity index (χ1n) is 4.42. The Morgan fingerprint density at radius 3 is 3.07 bits per heavy atom. The van der Waals surface area contributed by atoms with Crippen LogP contribution < -0.4 is 0 Å². The zero-order chi connectivity index (χ0) is 9.54. The van der Waals surface area contributed by atoms with Gasteiger partial charge in [0.1, 0.15) is 6.61 Å². The quantitative estimate of drug-likeness (QED) is 0.577. The summed E-state index contributed by atoms with van der Waals surface area (Å²) in [5, 5.41) is 0. The van der Waals surface area contributed by atoms with E-state index in [0.717, 1.165) is 16.8 Å². The number of carbonyl (C=O) groups is 1. The Morgan fingerprint density at radius 1 is 1.29 bits per heavy atom. The lowest BCUT2D eigenvalue weighted by atomic mass is 10.0. The summed E-state index contributed by atoms with van der Waals surface area (Å²) in [5.74, 6) is -0.321. The topological polar surface area (TPSA) is 38.7 Å². The van der Waals surface area contributed by atoms with Crippen LogP contribution in [0.3, 0.4) is 0 Å². The van der Waals surface area contributed by atoms with Gasteiger partial charge >= 0.3 is 5.97 Å². The summed E-state index contributed by atoms with van der Waals surface area (Å²) >= 11 is 0. The summed E-state index contributed by atoms with van der Waals surface area (Å²) in [6.45, 7) is 0.349. The summed E-state index contributed by atoms with van der Waals surface area (Å²) in [4.78, 5) is 15.6. The molecule has 2 heterocycles. The average Bonchev–Trinajstić information content (AvgIpc) is 2.59. The minimum absolute atomic E-state index is 0.321. The highest BCUT2D eigenvalue weighted by molar-refractivity contribution is 6.57. The van der Waals surface area contributed by atoms with E-state index in [-0.39, 0.29) is 5.97 Å². The first-order chi connectivity index (χ1) is 6.86. The minimum atomic E-state index is -0.321.